The second-order valence-corrected chi connectivity index (χ2v) is 6.14. The zero-order chi connectivity index (χ0) is 12.7. The van der Waals surface area contributed by atoms with Crippen LogP contribution in [0.4, 0.5) is 5.13 Å². The fourth-order valence-electron chi connectivity index (χ4n) is 2.28. The number of nitrogens with zero attached hydrogens (tertiary/aromatic N) is 2. The molecule has 0 atom stereocenters. The first-order valence-corrected chi connectivity index (χ1v) is 7.33. The first-order chi connectivity index (χ1) is 8.65. The van der Waals surface area contributed by atoms with Gasteiger partial charge in [0.25, 0.3) is 0 Å². The van der Waals surface area contributed by atoms with Crippen LogP contribution in [0.1, 0.15) is 18.4 Å². The number of fused-ring (bicyclic) bond motifs is 1. The molecule has 0 aliphatic carbocycles. The molecule has 3 rings (SSSR count). The Kier molecular flexibility index (Phi) is 3.18. The van der Waals surface area contributed by atoms with Crippen LogP contribution in [0.5, 0.6) is 0 Å². The van der Waals surface area contributed by atoms with E-state index in [-0.39, 0.29) is 6.10 Å². The zero-order valence-corrected chi connectivity index (χ0v) is 11.8. The molecule has 2 heterocycles. The number of thiazole rings is 1. The third-order valence-electron chi connectivity index (χ3n) is 3.42. The lowest BCUT2D eigenvalue weighted by atomic mass is 10.1. The molecule has 0 bridgehead atoms. The van der Waals surface area contributed by atoms with Crippen molar-refractivity contribution in [3.8, 4) is 0 Å². The molecule has 1 fully saturated rings. The Balaban J connectivity index is 1.98. The van der Waals surface area contributed by atoms with Crippen molar-refractivity contribution < 1.29 is 5.11 Å². The minimum atomic E-state index is -0.152. The third kappa shape index (κ3) is 2.09. The minimum absolute atomic E-state index is 0.152. The summed E-state index contributed by atoms with van der Waals surface area (Å²) in [7, 11) is 0. The molecule has 0 spiro atoms. The maximum Gasteiger partial charge on any atom is 0.186 e. The lowest BCUT2D eigenvalue weighted by Gasteiger charge is -2.28. The zero-order valence-electron chi connectivity index (χ0n) is 10.2. The summed E-state index contributed by atoms with van der Waals surface area (Å²) in [5, 5.41) is 11.3. The van der Waals surface area contributed by atoms with Crippen molar-refractivity contribution in [3.63, 3.8) is 0 Å². The third-order valence-corrected chi connectivity index (χ3v) is 5.00. The number of aromatic nitrogens is 1. The van der Waals surface area contributed by atoms with Crippen LogP contribution in [0.25, 0.3) is 10.2 Å². The fourth-order valence-corrected chi connectivity index (χ4v) is 3.65. The van der Waals surface area contributed by atoms with Crippen LogP contribution in [-0.2, 0) is 0 Å². The van der Waals surface area contributed by atoms with Gasteiger partial charge in [-0.3, -0.25) is 0 Å². The monoisotopic (exact) mass is 282 g/mol. The number of piperidine rings is 1. The summed E-state index contributed by atoms with van der Waals surface area (Å²) in [6, 6.07) is 3.94. The van der Waals surface area contributed by atoms with Crippen molar-refractivity contribution in [2.24, 2.45) is 0 Å². The quantitative estimate of drug-likeness (QED) is 0.872. The number of aryl methyl sites for hydroxylation is 1. The Morgan fingerprint density at radius 1 is 1.39 bits per heavy atom. The predicted molar refractivity (Wildman–Crippen MR) is 76.8 cm³/mol. The first kappa shape index (κ1) is 12.2. The van der Waals surface area contributed by atoms with Gasteiger partial charge in [-0.15, -0.1) is 0 Å². The predicted octanol–water partition coefficient (Wildman–Crippen LogP) is 3.22. The molecule has 0 radical (unpaired) electrons. The highest BCUT2D eigenvalue weighted by Crippen LogP contribution is 2.36. The van der Waals surface area contributed by atoms with Gasteiger partial charge in [-0.05, 0) is 31.4 Å². The van der Waals surface area contributed by atoms with Gasteiger partial charge in [0.05, 0.1) is 21.3 Å². The molecule has 96 valence electrons. The van der Waals surface area contributed by atoms with Gasteiger partial charge in [-0.1, -0.05) is 29.0 Å². The van der Waals surface area contributed by atoms with Gasteiger partial charge in [-0.25, -0.2) is 4.98 Å². The molecule has 1 aromatic heterocycles. The van der Waals surface area contributed by atoms with Crippen LogP contribution >= 0.6 is 22.9 Å². The van der Waals surface area contributed by atoms with Crippen LogP contribution in [0, 0.1) is 6.92 Å². The maximum atomic E-state index is 9.54. The Labute approximate surface area is 115 Å². The number of hydrogen-bond donors (Lipinski definition) is 1. The van der Waals surface area contributed by atoms with E-state index in [1.165, 1.54) is 0 Å². The first-order valence-electron chi connectivity index (χ1n) is 6.14. The molecule has 5 heteroatoms. The molecule has 0 saturated carbocycles. The molecule has 1 saturated heterocycles. The highest BCUT2D eigenvalue weighted by Gasteiger charge is 2.20. The summed E-state index contributed by atoms with van der Waals surface area (Å²) in [6.07, 6.45) is 1.49. The Morgan fingerprint density at radius 3 is 2.78 bits per heavy atom. The molecular weight excluding hydrogens is 268 g/mol. The van der Waals surface area contributed by atoms with E-state index in [0.29, 0.717) is 0 Å². The summed E-state index contributed by atoms with van der Waals surface area (Å²) in [5.41, 5.74) is 2.17. The van der Waals surface area contributed by atoms with E-state index in [1.807, 2.05) is 12.1 Å². The van der Waals surface area contributed by atoms with Gasteiger partial charge in [0.1, 0.15) is 0 Å². The molecule has 1 aromatic carbocycles. The summed E-state index contributed by atoms with van der Waals surface area (Å²) >= 11 is 7.86. The van der Waals surface area contributed by atoms with Crippen molar-refractivity contribution in [2.45, 2.75) is 25.9 Å². The normalized spacial score (nSPS) is 17.6. The Morgan fingerprint density at radius 2 is 2.11 bits per heavy atom. The average molecular weight is 283 g/mol. The summed E-state index contributed by atoms with van der Waals surface area (Å²) in [5.74, 6) is 0. The molecule has 2 aromatic rings. The molecule has 0 unspecified atom stereocenters. The standard InChI is InChI=1S/C13H15ClN2OS/c1-8-2-3-10(14)12-11(8)15-13(18-12)16-6-4-9(17)5-7-16/h2-3,9,17H,4-7H2,1H3. The second kappa shape index (κ2) is 4.68. The van der Waals surface area contributed by atoms with Gasteiger partial charge in [0.15, 0.2) is 5.13 Å². The van der Waals surface area contributed by atoms with Gasteiger partial charge >= 0.3 is 0 Å². The van der Waals surface area contributed by atoms with E-state index >= 15 is 0 Å². The van der Waals surface area contributed by atoms with Gasteiger partial charge in [0.2, 0.25) is 0 Å². The topological polar surface area (TPSA) is 36.4 Å². The minimum Gasteiger partial charge on any atom is -0.393 e. The van der Waals surface area contributed by atoms with Crippen molar-refractivity contribution in [1.29, 1.82) is 0 Å². The SMILES string of the molecule is Cc1ccc(Cl)c2sc(N3CCC(O)CC3)nc12. The molecule has 18 heavy (non-hydrogen) atoms. The fraction of sp³-hybridized carbons (Fsp3) is 0.462. The second-order valence-electron chi connectivity index (χ2n) is 4.76. The number of rotatable bonds is 1. The van der Waals surface area contributed by atoms with Crippen molar-refractivity contribution in [2.75, 3.05) is 18.0 Å². The van der Waals surface area contributed by atoms with E-state index in [2.05, 4.69) is 11.8 Å². The van der Waals surface area contributed by atoms with E-state index < -0.39 is 0 Å². The lowest BCUT2D eigenvalue weighted by molar-refractivity contribution is 0.145. The Hall–Kier alpha value is -0.840. The van der Waals surface area contributed by atoms with Crippen molar-refractivity contribution in [1.82, 2.24) is 4.98 Å². The molecule has 1 aliphatic heterocycles. The number of aliphatic hydroxyl groups excluding tert-OH is 1. The van der Waals surface area contributed by atoms with Crippen LogP contribution in [-0.4, -0.2) is 29.3 Å². The molecular formula is C13H15ClN2OS. The molecule has 1 aliphatic rings. The van der Waals surface area contributed by atoms with E-state index in [1.54, 1.807) is 11.3 Å². The van der Waals surface area contributed by atoms with Crippen molar-refractivity contribution in [3.05, 3.63) is 22.7 Å². The molecule has 1 N–H and O–H groups in total. The van der Waals surface area contributed by atoms with Gasteiger partial charge in [-0.2, -0.15) is 0 Å². The number of aliphatic hydroxyl groups is 1. The average Bonchev–Trinajstić information content (AvgIpc) is 2.81. The van der Waals surface area contributed by atoms with Crippen LogP contribution in [0.15, 0.2) is 12.1 Å². The number of hydrogen-bond acceptors (Lipinski definition) is 4. The number of benzene rings is 1. The van der Waals surface area contributed by atoms with Crippen LogP contribution in [0.3, 0.4) is 0 Å². The highest BCUT2D eigenvalue weighted by molar-refractivity contribution is 7.22. The smallest absolute Gasteiger partial charge is 0.186 e. The van der Waals surface area contributed by atoms with Crippen LogP contribution in [0.2, 0.25) is 5.02 Å². The Bertz CT molecular complexity index is 537. The van der Waals surface area contributed by atoms with Crippen molar-refractivity contribution >= 4 is 38.3 Å². The lowest BCUT2D eigenvalue weighted by Crippen LogP contribution is -2.35. The van der Waals surface area contributed by atoms with E-state index in [4.69, 9.17) is 16.6 Å². The maximum absolute atomic E-state index is 9.54. The summed E-state index contributed by atoms with van der Waals surface area (Å²) in [6.45, 7) is 3.80. The van der Waals surface area contributed by atoms with Gasteiger partial charge in [0, 0.05) is 13.1 Å². The van der Waals surface area contributed by atoms with Crippen LogP contribution < -0.4 is 4.90 Å². The largest absolute Gasteiger partial charge is 0.393 e. The van der Waals surface area contributed by atoms with E-state index in [9.17, 15) is 5.11 Å². The summed E-state index contributed by atoms with van der Waals surface area (Å²) < 4.78 is 1.07. The summed E-state index contributed by atoms with van der Waals surface area (Å²) in [4.78, 5) is 6.94. The van der Waals surface area contributed by atoms with E-state index in [0.717, 1.165) is 51.9 Å². The highest BCUT2D eigenvalue weighted by atomic mass is 35.5. The number of halogens is 1. The number of anilines is 1. The van der Waals surface area contributed by atoms with Gasteiger partial charge < -0.3 is 10.0 Å². The molecule has 3 nitrogen and oxygen atoms in total. The molecule has 0 amide bonds.